The monoisotopic (exact) mass is 390 g/mol. The van der Waals surface area contributed by atoms with Gasteiger partial charge in [0.25, 0.3) is 0 Å². The van der Waals surface area contributed by atoms with Crippen molar-refractivity contribution >= 4 is 39.8 Å². The van der Waals surface area contributed by atoms with E-state index < -0.39 is 0 Å². The van der Waals surface area contributed by atoms with E-state index in [0.717, 1.165) is 32.2 Å². The van der Waals surface area contributed by atoms with Crippen LogP contribution in [-0.2, 0) is 11.2 Å². The molecule has 19 heavy (non-hydrogen) atoms. The molecule has 1 amide bonds. The lowest BCUT2D eigenvalue weighted by molar-refractivity contribution is -0.123. The Balaban J connectivity index is 1.74. The molecule has 0 bridgehead atoms. The SMILES string of the molecule is O=C1NCCCCC1NC1CCCc2sc(I)cc21. The standard InChI is InChI=1S/C14H19IN2OS/c15-13-8-9-10(5-3-6-12(9)19-13)17-11-4-1-2-7-16-14(11)18/h8,10-11,17H,1-7H2,(H,16,18). The van der Waals surface area contributed by atoms with Crippen LogP contribution in [-0.4, -0.2) is 18.5 Å². The summed E-state index contributed by atoms with van der Waals surface area (Å²) < 4.78 is 1.36. The molecule has 1 fully saturated rings. The summed E-state index contributed by atoms with van der Waals surface area (Å²) >= 11 is 4.31. The molecule has 2 heterocycles. The maximum absolute atomic E-state index is 12.0. The summed E-state index contributed by atoms with van der Waals surface area (Å²) in [7, 11) is 0. The fourth-order valence-electron chi connectivity index (χ4n) is 3.04. The van der Waals surface area contributed by atoms with Crippen molar-refractivity contribution in [1.82, 2.24) is 10.6 Å². The van der Waals surface area contributed by atoms with Gasteiger partial charge in [0.15, 0.2) is 0 Å². The Morgan fingerprint density at radius 3 is 3.00 bits per heavy atom. The highest BCUT2D eigenvalue weighted by Gasteiger charge is 2.28. The van der Waals surface area contributed by atoms with Gasteiger partial charge in [0.2, 0.25) is 5.91 Å². The van der Waals surface area contributed by atoms with Gasteiger partial charge in [-0.3, -0.25) is 10.1 Å². The fraction of sp³-hybridized carbons (Fsp3) is 0.643. The Kier molecular flexibility index (Phi) is 4.44. The van der Waals surface area contributed by atoms with Crippen molar-refractivity contribution in [3.8, 4) is 0 Å². The third kappa shape index (κ3) is 3.13. The highest BCUT2D eigenvalue weighted by Crippen LogP contribution is 2.36. The van der Waals surface area contributed by atoms with Gasteiger partial charge in [-0.15, -0.1) is 11.3 Å². The molecule has 0 spiro atoms. The number of hydrogen-bond acceptors (Lipinski definition) is 3. The van der Waals surface area contributed by atoms with Crippen LogP contribution >= 0.6 is 33.9 Å². The number of aryl methyl sites for hydroxylation is 1. The summed E-state index contributed by atoms with van der Waals surface area (Å²) in [5.41, 5.74) is 1.44. The van der Waals surface area contributed by atoms with Gasteiger partial charge in [-0.25, -0.2) is 0 Å². The number of carbonyl (C=O) groups excluding carboxylic acids is 1. The summed E-state index contributed by atoms with van der Waals surface area (Å²) in [6, 6.07) is 2.67. The van der Waals surface area contributed by atoms with Crippen LogP contribution in [0.4, 0.5) is 0 Å². The second kappa shape index (κ2) is 6.10. The van der Waals surface area contributed by atoms with Gasteiger partial charge in [-0.1, -0.05) is 0 Å². The molecule has 1 aliphatic heterocycles. The van der Waals surface area contributed by atoms with Gasteiger partial charge in [0.1, 0.15) is 0 Å². The molecule has 0 saturated carbocycles. The second-order valence-electron chi connectivity index (χ2n) is 5.38. The van der Waals surface area contributed by atoms with E-state index in [0.29, 0.717) is 6.04 Å². The summed E-state index contributed by atoms with van der Waals surface area (Å²) in [5.74, 6) is 0.189. The Morgan fingerprint density at radius 2 is 2.11 bits per heavy atom. The van der Waals surface area contributed by atoms with Crippen molar-refractivity contribution in [2.24, 2.45) is 0 Å². The van der Waals surface area contributed by atoms with E-state index in [1.165, 1.54) is 26.2 Å². The first-order valence-electron chi connectivity index (χ1n) is 7.06. The highest BCUT2D eigenvalue weighted by atomic mass is 127. The first kappa shape index (κ1) is 13.8. The molecule has 104 valence electrons. The number of amides is 1. The molecule has 2 unspecified atom stereocenters. The molecule has 3 rings (SSSR count). The summed E-state index contributed by atoms with van der Waals surface area (Å²) in [6.45, 7) is 0.837. The highest BCUT2D eigenvalue weighted by molar-refractivity contribution is 14.1. The molecule has 2 atom stereocenters. The first-order valence-corrected chi connectivity index (χ1v) is 8.95. The van der Waals surface area contributed by atoms with Gasteiger partial charge >= 0.3 is 0 Å². The summed E-state index contributed by atoms with van der Waals surface area (Å²) in [5, 5.41) is 6.62. The van der Waals surface area contributed by atoms with Crippen LogP contribution in [0, 0.1) is 2.88 Å². The first-order chi connectivity index (χ1) is 9.24. The van der Waals surface area contributed by atoms with Gasteiger partial charge < -0.3 is 5.32 Å². The molecule has 1 aromatic heterocycles. The molecule has 2 aliphatic rings. The Labute approximate surface area is 131 Å². The van der Waals surface area contributed by atoms with Gasteiger partial charge in [0, 0.05) is 17.5 Å². The number of hydrogen-bond donors (Lipinski definition) is 2. The molecule has 2 N–H and O–H groups in total. The number of rotatable bonds is 2. The third-order valence-corrected chi connectivity index (χ3v) is 5.99. The van der Waals surface area contributed by atoms with Crippen molar-refractivity contribution < 1.29 is 4.79 Å². The minimum atomic E-state index is -0.00369. The van der Waals surface area contributed by atoms with Crippen LogP contribution in [0.25, 0.3) is 0 Å². The van der Waals surface area contributed by atoms with E-state index in [1.807, 2.05) is 11.3 Å². The quantitative estimate of drug-likeness (QED) is 0.763. The fourth-order valence-corrected chi connectivity index (χ4v) is 5.16. The molecule has 3 nitrogen and oxygen atoms in total. The normalized spacial score (nSPS) is 27.5. The second-order valence-corrected chi connectivity index (χ2v) is 8.41. The zero-order chi connectivity index (χ0) is 13.2. The lowest BCUT2D eigenvalue weighted by atomic mass is 9.93. The molecule has 0 radical (unpaired) electrons. The van der Waals surface area contributed by atoms with E-state index in [1.54, 1.807) is 0 Å². The lowest BCUT2D eigenvalue weighted by Crippen LogP contribution is -2.44. The van der Waals surface area contributed by atoms with Crippen LogP contribution in [0.2, 0.25) is 0 Å². The van der Waals surface area contributed by atoms with E-state index in [9.17, 15) is 4.79 Å². The topological polar surface area (TPSA) is 41.1 Å². The smallest absolute Gasteiger partial charge is 0.237 e. The number of fused-ring (bicyclic) bond motifs is 1. The number of carbonyl (C=O) groups is 1. The largest absolute Gasteiger partial charge is 0.355 e. The van der Waals surface area contributed by atoms with E-state index in [-0.39, 0.29) is 11.9 Å². The summed E-state index contributed by atoms with van der Waals surface area (Å²) in [6.07, 6.45) is 6.81. The maximum Gasteiger partial charge on any atom is 0.237 e. The number of thiophene rings is 1. The third-order valence-electron chi connectivity index (χ3n) is 4.02. The minimum Gasteiger partial charge on any atom is -0.355 e. The van der Waals surface area contributed by atoms with Crippen molar-refractivity contribution in [3.63, 3.8) is 0 Å². The number of halogens is 1. The van der Waals surface area contributed by atoms with E-state index >= 15 is 0 Å². The van der Waals surface area contributed by atoms with Crippen LogP contribution in [0.15, 0.2) is 6.07 Å². The molecule has 5 heteroatoms. The molecule has 1 aromatic rings. The predicted octanol–water partition coefficient (Wildman–Crippen LogP) is 2.99. The van der Waals surface area contributed by atoms with Crippen molar-refractivity contribution in [2.75, 3.05) is 6.54 Å². The lowest BCUT2D eigenvalue weighted by Gasteiger charge is -2.27. The number of nitrogens with one attached hydrogen (secondary N) is 2. The predicted molar refractivity (Wildman–Crippen MR) is 86.5 cm³/mol. The van der Waals surface area contributed by atoms with Crippen molar-refractivity contribution in [3.05, 3.63) is 19.4 Å². The summed E-state index contributed by atoms with van der Waals surface area (Å²) in [4.78, 5) is 13.5. The Morgan fingerprint density at radius 1 is 1.26 bits per heavy atom. The molecular formula is C14H19IN2OS. The zero-order valence-electron chi connectivity index (χ0n) is 10.9. The van der Waals surface area contributed by atoms with Crippen LogP contribution < -0.4 is 10.6 Å². The van der Waals surface area contributed by atoms with Gasteiger partial charge in [-0.05, 0) is 72.7 Å². The average Bonchev–Trinajstić information content (AvgIpc) is 2.66. The Hall–Kier alpha value is -0.140. The minimum absolute atomic E-state index is 0.00369. The molecule has 1 saturated heterocycles. The molecular weight excluding hydrogens is 371 g/mol. The van der Waals surface area contributed by atoms with Crippen LogP contribution in [0.5, 0.6) is 0 Å². The van der Waals surface area contributed by atoms with Crippen LogP contribution in [0.1, 0.15) is 48.6 Å². The van der Waals surface area contributed by atoms with Crippen molar-refractivity contribution in [1.29, 1.82) is 0 Å². The Bertz CT molecular complexity index is 474. The van der Waals surface area contributed by atoms with Gasteiger partial charge in [0.05, 0.1) is 8.93 Å². The van der Waals surface area contributed by atoms with E-state index in [2.05, 4.69) is 39.3 Å². The van der Waals surface area contributed by atoms with E-state index in [4.69, 9.17) is 0 Å². The zero-order valence-corrected chi connectivity index (χ0v) is 13.9. The molecule has 0 aromatic carbocycles. The van der Waals surface area contributed by atoms with Crippen molar-refractivity contribution in [2.45, 2.75) is 50.6 Å². The maximum atomic E-state index is 12.0. The molecule has 1 aliphatic carbocycles. The van der Waals surface area contributed by atoms with Crippen LogP contribution in [0.3, 0.4) is 0 Å². The van der Waals surface area contributed by atoms with Gasteiger partial charge in [-0.2, -0.15) is 0 Å². The average molecular weight is 390 g/mol.